The predicted octanol–water partition coefficient (Wildman–Crippen LogP) is 6.75. The molecule has 0 aliphatic carbocycles. The smallest absolute Gasteiger partial charge is 0.239 e. The fourth-order valence-electron chi connectivity index (χ4n) is 4.11. The van der Waals surface area contributed by atoms with Crippen molar-refractivity contribution in [1.29, 1.82) is 0 Å². The summed E-state index contributed by atoms with van der Waals surface area (Å²) in [5, 5.41) is 3.12. The Morgan fingerprint density at radius 2 is 1.48 bits per heavy atom. The number of amides is 1. The summed E-state index contributed by atoms with van der Waals surface area (Å²) in [5.74, 6) is 0.422. The second-order valence-corrected chi connectivity index (χ2v) is 8.38. The molecular weight excluding hydrogens is 408 g/mol. The van der Waals surface area contributed by atoms with Crippen LogP contribution < -0.4 is 5.32 Å². The summed E-state index contributed by atoms with van der Waals surface area (Å²) in [6, 6.07) is 33.2. The van der Waals surface area contributed by atoms with E-state index in [1.165, 1.54) is 0 Å². The molecule has 4 nitrogen and oxygen atoms in total. The Labute approximate surface area is 192 Å². The predicted molar refractivity (Wildman–Crippen MR) is 132 cm³/mol. The molecule has 5 rings (SSSR count). The van der Waals surface area contributed by atoms with Gasteiger partial charge >= 0.3 is 0 Å². The Hall–Kier alpha value is -4.18. The van der Waals surface area contributed by atoms with Crippen molar-refractivity contribution in [3.8, 4) is 11.5 Å². The molecule has 4 aromatic carbocycles. The fraction of sp³-hybridized carbons (Fsp3) is 0.103. The highest BCUT2D eigenvalue weighted by Gasteiger charge is 2.37. The van der Waals surface area contributed by atoms with Crippen molar-refractivity contribution < 1.29 is 9.21 Å². The van der Waals surface area contributed by atoms with Crippen molar-refractivity contribution in [2.24, 2.45) is 0 Å². The monoisotopic (exact) mass is 432 g/mol. The van der Waals surface area contributed by atoms with E-state index in [1.54, 1.807) is 0 Å². The second-order valence-electron chi connectivity index (χ2n) is 8.38. The maximum Gasteiger partial charge on any atom is 0.239 e. The minimum Gasteiger partial charge on any atom is -0.436 e. The molecule has 0 radical (unpaired) electrons. The van der Waals surface area contributed by atoms with Gasteiger partial charge in [0.05, 0.1) is 5.41 Å². The average molecular weight is 433 g/mol. The quantitative estimate of drug-likeness (QED) is 0.334. The van der Waals surface area contributed by atoms with Crippen LogP contribution in [0.15, 0.2) is 108 Å². The molecule has 0 atom stereocenters. The maximum atomic E-state index is 13.7. The van der Waals surface area contributed by atoms with Crippen molar-refractivity contribution in [3.05, 3.63) is 120 Å². The lowest BCUT2D eigenvalue weighted by Crippen LogP contribution is -2.38. The molecule has 1 heterocycles. The molecule has 1 amide bonds. The molecule has 0 bridgehead atoms. The van der Waals surface area contributed by atoms with E-state index in [9.17, 15) is 4.79 Å². The third-order valence-electron chi connectivity index (χ3n) is 6.07. The summed E-state index contributed by atoms with van der Waals surface area (Å²) < 4.78 is 5.98. The van der Waals surface area contributed by atoms with E-state index in [0.29, 0.717) is 11.6 Å². The topological polar surface area (TPSA) is 55.1 Å². The largest absolute Gasteiger partial charge is 0.436 e. The molecule has 0 saturated carbocycles. The van der Waals surface area contributed by atoms with Gasteiger partial charge in [0.2, 0.25) is 11.8 Å². The number of aryl methyl sites for hydroxylation is 1. The number of carbonyl (C=O) groups excluding carboxylic acids is 1. The lowest BCUT2D eigenvalue weighted by molar-refractivity contribution is -0.119. The summed E-state index contributed by atoms with van der Waals surface area (Å²) in [6.07, 6.45) is 0. The fourth-order valence-corrected chi connectivity index (χ4v) is 4.11. The first-order chi connectivity index (χ1) is 16.0. The van der Waals surface area contributed by atoms with Gasteiger partial charge < -0.3 is 9.73 Å². The summed E-state index contributed by atoms with van der Waals surface area (Å²) in [4.78, 5) is 18.3. The van der Waals surface area contributed by atoms with Crippen molar-refractivity contribution in [1.82, 2.24) is 4.98 Å². The number of hydrogen-bond donors (Lipinski definition) is 1. The number of rotatable bonds is 5. The van der Waals surface area contributed by atoms with Crippen molar-refractivity contribution in [2.45, 2.75) is 19.3 Å². The standard InChI is InChI=1S/C29H24N2O2/c1-20-16-17-25-26(18-20)33-27(31-25)21-10-9-15-24(19-21)30-28(32)29(2,22-11-5-3-6-12-22)23-13-7-4-8-14-23/h3-19H,1-2H3,(H,30,32). The first-order valence-corrected chi connectivity index (χ1v) is 10.9. The van der Waals surface area contributed by atoms with Crippen LogP contribution in [0, 0.1) is 6.92 Å². The summed E-state index contributed by atoms with van der Waals surface area (Å²) >= 11 is 0. The van der Waals surface area contributed by atoms with Gasteiger partial charge in [-0.3, -0.25) is 4.79 Å². The highest BCUT2D eigenvalue weighted by atomic mass is 16.3. The van der Waals surface area contributed by atoms with Crippen LogP contribution >= 0.6 is 0 Å². The molecule has 1 aromatic heterocycles. The zero-order valence-corrected chi connectivity index (χ0v) is 18.6. The van der Waals surface area contributed by atoms with Gasteiger partial charge in [0.15, 0.2) is 5.58 Å². The first-order valence-electron chi connectivity index (χ1n) is 10.9. The highest BCUT2D eigenvalue weighted by molar-refractivity contribution is 6.01. The van der Waals surface area contributed by atoms with E-state index in [1.807, 2.05) is 117 Å². The van der Waals surface area contributed by atoms with E-state index in [2.05, 4.69) is 10.3 Å². The minimum absolute atomic E-state index is 0.106. The van der Waals surface area contributed by atoms with Crippen molar-refractivity contribution in [2.75, 3.05) is 5.32 Å². The summed E-state index contributed by atoms with van der Waals surface area (Å²) in [5.41, 5.74) is 5.18. The van der Waals surface area contributed by atoms with Gasteiger partial charge in [-0.05, 0) is 60.9 Å². The third kappa shape index (κ3) is 3.92. The lowest BCUT2D eigenvalue weighted by Gasteiger charge is -2.29. The van der Waals surface area contributed by atoms with Gasteiger partial charge in [-0.2, -0.15) is 0 Å². The number of oxazole rings is 1. The average Bonchev–Trinajstić information content (AvgIpc) is 3.28. The Balaban J connectivity index is 1.49. The van der Waals surface area contributed by atoms with Crippen LogP contribution in [0.2, 0.25) is 0 Å². The number of nitrogens with zero attached hydrogens (tertiary/aromatic N) is 1. The van der Waals surface area contributed by atoms with Crippen molar-refractivity contribution >= 4 is 22.7 Å². The number of fused-ring (bicyclic) bond motifs is 1. The number of carbonyl (C=O) groups is 1. The van der Waals surface area contributed by atoms with E-state index in [0.717, 1.165) is 33.4 Å². The number of nitrogens with one attached hydrogen (secondary N) is 1. The molecule has 5 aromatic rings. The van der Waals surface area contributed by atoms with Crippen LogP contribution in [0.3, 0.4) is 0 Å². The number of anilines is 1. The van der Waals surface area contributed by atoms with Crippen LogP contribution in [0.5, 0.6) is 0 Å². The van der Waals surface area contributed by atoms with E-state index in [-0.39, 0.29) is 5.91 Å². The molecule has 0 aliphatic rings. The molecule has 0 aliphatic heterocycles. The first kappa shape index (κ1) is 20.7. The number of aromatic nitrogens is 1. The summed E-state index contributed by atoms with van der Waals surface area (Å²) in [6.45, 7) is 3.98. The van der Waals surface area contributed by atoms with Crippen molar-refractivity contribution in [3.63, 3.8) is 0 Å². The Morgan fingerprint density at radius 3 is 2.15 bits per heavy atom. The highest BCUT2D eigenvalue weighted by Crippen LogP contribution is 2.34. The lowest BCUT2D eigenvalue weighted by atomic mass is 9.75. The second kappa shape index (κ2) is 8.40. The zero-order chi connectivity index (χ0) is 22.8. The number of benzene rings is 4. The zero-order valence-electron chi connectivity index (χ0n) is 18.6. The molecule has 0 unspecified atom stereocenters. The van der Waals surface area contributed by atoms with Gasteiger partial charge in [0.25, 0.3) is 0 Å². The van der Waals surface area contributed by atoms with Crippen LogP contribution in [0.1, 0.15) is 23.6 Å². The Kier molecular flexibility index (Phi) is 5.27. The van der Waals surface area contributed by atoms with Gasteiger partial charge in [-0.1, -0.05) is 72.8 Å². The Morgan fingerprint density at radius 1 is 0.818 bits per heavy atom. The molecule has 33 heavy (non-hydrogen) atoms. The molecule has 162 valence electrons. The van der Waals surface area contributed by atoms with E-state index < -0.39 is 5.41 Å². The molecule has 1 N–H and O–H groups in total. The normalized spacial score (nSPS) is 11.5. The SMILES string of the molecule is Cc1ccc2nc(-c3cccc(NC(=O)C(C)(c4ccccc4)c4ccccc4)c3)oc2c1. The molecule has 4 heteroatoms. The summed E-state index contributed by atoms with van der Waals surface area (Å²) in [7, 11) is 0. The minimum atomic E-state index is -0.854. The van der Waals surface area contributed by atoms with Crippen LogP contribution in [-0.4, -0.2) is 10.9 Å². The van der Waals surface area contributed by atoms with E-state index >= 15 is 0 Å². The van der Waals surface area contributed by atoms with Crippen LogP contribution in [0.25, 0.3) is 22.6 Å². The van der Waals surface area contributed by atoms with Crippen LogP contribution in [0.4, 0.5) is 5.69 Å². The molecule has 0 fully saturated rings. The van der Waals surface area contributed by atoms with Gasteiger partial charge in [-0.25, -0.2) is 4.98 Å². The molecule has 0 saturated heterocycles. The van der Waals surface area contributed by atoms with Gasteiger partial charge in [-0.15, -0.1) is 0 Å². The molecular formula is C29H24N2O2. The van der Waals surface area contributed by atoms with Gasteiger partial charge in [0.1, 0.15) is 5.52 Å². The van der Waals surface area contributed by atoms with Gasteiger partial charge in [0, 0.05) is 11.3 Å². The molecule has 0 spiro atoms. The van der Waals surface area contributed by atoms with E-state index in [4.69, 9.17) is 4.42 Å². The van der Waals surface area contributed by atoms with Crippen LogP contribution in [-0.2, 0) is 10.2 Å². The Bertz CT molecular complexity index is 1380. The maximum absolute atomic E-state index is 13.7. The third-order valence-corrected chi connectivity index (χ3v) is 6.07. The number of hydrogen-bond acceptors (Lipinski definition) is 3.